The van der Waals surface area contributed by atoms with Gasteiger partial charge in [0, 0.05) is 6.61 Å². The van der Waals surface area contributed by atoms with Crippen LogP contribution >= 0.6 is 7.82 Å². The van der Waals surface area contributed by atoms with Crippen molar-refractivity contribution in [2.75, 3.05) is 13.2 Å². The molecule has 0 saturated carbocycles. The maximum Gasteiger partial charge on any atom is 0.472 e. The van der Waals surface area contributed by atoms with Crippen LogP contribution in [0.5, 0.6) is 0 Å². The summed E-state index contributed by atoms with van der Waals surface area (Å²) in [4.78, 5) is 9.33. The van der Waals surface area contributed by atoms with Crippen LogP contribution in [-0.2, 0) is 23.1 Å². The molecule has 2 aliphatic heterocycles. The van der Waals surface area contributed by atoms with E-state index < -0.39 is 38.5 Å². The van der Waals surface area contributed by atoms with Gasteiger partial charge in [-0.2, -0.15) is 0 Å². The lowest BCUT2D eigenvalue weighted by atomic mass is 9.99. The fraction of sp³-hybridized carbons (Fsp3) is 1.00. The third kappa shape index (κ3) is 7.71. The van der Waals surface area contributed by atoms with Gasteiger partial charge in [-0.25, -0.2) is 4.57 Å². The third-order valence-electron chi connectivity index (χ3n) is 5.08. The predicted molar refractivity (Wildman–Crippen MR) is 99.1 cm³/mol. The highest BCUT2D eigenvalue weighted by Gasteiger charge is 2.51. The fourth-order valence-electron chi connectivity index (χ4n) is 3.45. The van der Waals surface area contributed by atoms with Crippen molar-refractivity contribution in [2.24, 2.45) is 0 Å². The van der Waals surface area contributed by atoms with Crippen molar-refractivity contribution in [3.05, 3.63) is 0 Å². The quantitative estimate of drug-likeness (QED) is 0.332. The Kier molecular flexibility index (Phi) is 10.2. The normalized spacial score (nSPS) is 36.5. The highest BCUT2D eigenvalue weighted by Crippen LogP contribution is 2.50. The van der Waals surface area contributed by atoms with Crippen molar-refractivity contribution in [3.8, 4) is 0 Å². The SMILES string of the molecule is CCCCCCCCCCCCO[C@@H]1O[C@@H]2COP(=O)(O)O[C@H]2[C@H](O)[C@H]1O. The van der Waals surface area contributed by atoms with Crippen molar-refractivity contribution in [2.45, 2.75) is 102 Å². The Balaban J connectivity index is 1.56. The highest BCUT2D eigenvalue weighted by atomic mass is 31.2. The van der Waals surface area contributed by atoms with Crippen LogP contribution in [0.25, 0.3) is 0 Å². The largest absolute Gasteiger partial charge is 0.472 e. The zero-order valence-corrected chi connectivity index (χ0v) is 17.1. The second-order valence-corrected chi connectivity index (χ2v) is 8.82. The van der Waals surface area contributed by atoms with E-state index in [-0.39, 0.29) is 6.61 Å². The Labute approximate surface area is 161 Å². The number of phosphoric ester groups is 1. The molecular weight excluding hydrogens is 375 g/mol. The molecule has 2 saturated heterocycles. The lowest BCUT2D eigenvalue weighted by Gasteiger charge is -2.44. The summed E-state index contributed by atoms with van der Waals surface area (Å²) in [6, 6.07) is 0. The van der Waals surface area contributed by atoms with E-state index in [1.807, 2.05) is 0 Å². The van der Waals surface area contributed by atoms with E-state index in [0.717, 1.165) is 19.3 Å². The molecule has 8 nitrogen and oxygen atoms in total. The van der Waals surface area contributed by atoms with Crippen molar-refractivity contribution < 1.29 is 38.2 Å². The van der Waals surface area contributed by atoms with Gasteiger partial charge in [0.2, 0.25) is 0 Å². The molecule has 0 aromatic rings. The monoisotopic (exact) mass is 410 g/mol. The van der Waals surface area contributed by atoms with Crippen molar-refractivity contribution >= 4 is 7.82 Å². The van der Waals surface area contributed by atoms with Crippen molar-refractivity contribution in [1.82, 2.24) is 0 Å². The van der Waals surface area contributed by atoms with Gasteiger partial charge in [0.05, 0.1) is 6.61 Å². The van der Waals surface area contributed by atoms with E-state index in [4.69, 9.17) is 18.5 Å². The van der Waals surface area contributed by atoms with E-state index in [9.17, 15) is 19.7 Å². The summed E-state index contributed by atoms with van der Waals surface area (Å²) in [5, 5.41) is 20.2. The number of unbranched alkanes of at least 4 members (excludes halogenated alkanes) is 9. The number of hydrogen-bond donors (Lipinski definition) is 3. The molecule has 27 heavy (non-hydrogen) atoms. The molecule has 6 atom stereocenters. The van der Waals surface area contributed by atoms with Crippen LogP contribution in [0, 0.1) is 0 Å². The minimum Gasteiger partial charge on any atom is -0.387 e. The van der Waals surface area contributed by atoms with Gasteiger partial charge in [-0.1, -0.05) is 64.7 Å². The molecule has 2 fully saturated rings. The molecule has 9 heteroatoms. The minimum atomic E-state index is -4.20. The Morgan fingerprint density at radius 3 is 2.19 bits per heavy atom. The summed E-state index contributed by atoms with van der Waals surface area (Å²) in [6.45, 7) is 2.45. The van der Waals surface area contributed by atoms with Crippen LogP contribution in [0.15, 0.2) is 0 Å². The molecule has 0 radical (unpaired) electrons. The zero-order valence-electron chi connectivity index (χ0n) is 16.2. The molecule has 0 spiro atoms. The molecule has 1 unspecified atom stereocenters. The number of aliphatic hydroxyl groups is 2. The van der Waals surface area contributed by atoms with E-state index in [1.54, 1.807) is 0 Å². The average molecular weight is 410 g/mol. The van der Waals surface area contributed by atoms with Gasteiger partial charge in [0.25, 0.3) is 0 Å². The first-order valence-corrected chi connectivity index (χ1v) is 11.7. The molecule has 0 amide bonds. The van der Waals surface area contributed by atoms with Gasteiger partial charge in [-0.05, 0) is 6.42 Å². The molecule has 2 aliphatic rings. The molecule has 0 aromatic heterocycles. The van der Waals surface area contributed by atoms with Crippen LogP contribution in [0.4, 0.5) is 0 Å². The third-order valence-corrected chi connectivity index (χ3v) is 6.06. The first-order valence-electron chi connectivity index (χ1n) is 10.2. The average Bonchev–Trinajstić information content (AvgIpc) is 2.64. The van der Waals surface area contributed by atoms with E-state index >= 15 is 0 Å². The standard InChI is InChI=1S/C18H35O8P/c1-2-3-4-5-6-7-8-9-10-11-12-23-18-16(20)15(19)17-14(25-18)13-24-27(21,22)26-17/h14-20H,2-13H2,1H3,(H,21,22)/t14-,15-,16-,17-,18-/m1/s1. The molecule has 0 aromatic carbocycles. The van der Waals surface area contributed by atoms with Crippen LogP contribution in [0.1, 0.15) is 71.1 Å². The van der Waals surface area contributed by atoms with Crippen molar-refractivity contribution in [3.63, 3.8) is 0 Å². The van der Waals surface area contributed by atoms with Gasteiger partial charge < -0.3 is 24.6 Å². The Morgan fingerprint density at radius 2 is 1.56 bits per heavy atom. The lowest BCUT2D eigenvalue weighted by Crippen LogP contribution is -2.61. The smallest absolute Gasteiger partial charge is 0.387 e. The maximum absolute atomic E-state index is 11.4. The highest BCUT2D eigenvalue weighted by molar-refractivity contribution is 7.47. The van der Waals surface area contributed by atoms with Gasteiger partial charge in [0.15, 0.2) is 6.29 Å². The molecule has 160 valence electrons. The summed E-state index contributed by atoms with van der Waals surface area (Å²) in [7, 11) is -4.20. The number of rotatable bonds is 12. The van der Waals surface area contributed by atoms with Crippen LogP contribution in [0.3, 0.4) is 0 Å². The van der Waals surface area contributed by atoms with Crippen LogP contribution < -0.4 is 0 Å². The van der Waals surface area contributed by atoms with Crippen LogP contribution in [0.2, 0.25) is 0 Å². The maximum atomic E-state index is 11.4. The summed E-state index contributed by atoms with van der Waals surface area (Å²) in [5.41, 5.74) is 0. The number of hydrogen-bond acceptors (Lipinski definition) is 7. The Bertz CT molecular complexity index is 461. The first-order chi connectivity index (χ1) is 12.9. The van der Waals surface area contributed by atoms with E-state index in [0.29, 0.717) is 6.61 Å². The van der Waals surface area contributed by atoms with Crippen molar-refractivity contribution in [1.29, 1.82) is 0 Å². The van der Waals surface area contributed by atoms with E-state index in [1.165, 1.54) is 44.9 Å². The number of aliphatic hydroxyl groups excluding tert-OH is 2. The Morgan fingerprint density at radius 1 is 0.963 bits per heavy atom. The summed E-state index contributed by atoms with van der Waals surface area (Å²) < 4.78 is 32.1. The summed E-state index contributed by atoms with van der Waals surface area (Å²) in [5.74, 6) is 0. The molecule has 0 aliphatic carbocycles. The zero-order chi connectivity index (χ0) is 19.7. The first kappa shape index (κ1) is 23.2. The number of fused-ring (bicyclic) bond motifs is 1. The predicted octanol–water partition coefficient (Wildman–Crippen LogP) is 2.89. The molecular formula is C18H35O8P. The second kappa shape index (κ2) is 11.8. The molecule has 3 N–H and O–H groups in total. The number of phosphoric acid groups is 1. The Hall–Kier alpha value is -0.0500. The van der Waals surface area contributed by atoms with Gasteiger partial charge in [0.1, 0.15) is 24.4 Å². The molecule has 0 bridgehead atoms. The summed E-state index contributed by atoms with van der Waals surface area (Å²) in [6.07, 6.45) is 6.59. The van der Waals surface area contributed by atoms with Gasteiger partial charge in [-0.15, -0.1) is 0 Å². The topological polar surface area (TPSA) is 115 Å². The second-order valence-electron chi connectivity index (χ2n) is 7.41. The van der Waals surface area contributed by atoms with E-state index in [2.05, 4.69) is 6.92 Å². The fourth-order valence-corrected chi connectivity index (χ4v) is 4.41. The molecule has 2 rings (SSSR count). The molecule has 2 heterocycles. The number of ether oxygens (including phenoxy) is 2. The van der Waals surface area contributed by atoms with Gasteiger partial charge >= 0.3 is 7.82 Å². The van der Waals surface area contributed by atoms with Crippen LogP contribution in [-0.4, -0.2) is 59.0 Å². The minimum absolute atomic E-state index is 0.194. The summed E-state index contributed by atoms with van der Waals surface area (Å²) >= 11 is 0. The van der Waals surface area contributed by atoms with Gasteiger partial charge in [-0.3, -0.25) is 9.05 Å². The lowest BCUT2D eigenvalue weighted by molar-refractivity contribution is -0.305.